The predicted molar refractivity (Wildman–Crippen MR) is 75.4 cm³/mol. The van der Waals surface area contributed by atoms with Crippen LogP contribution in [0.2, 0.25) is 0 Å². The Balaban J connectivity index is 1.79. The minimum atomic E-state index is -0.140. The first-order valence-corrected chi connectivity index (χ1v) is 6.62. The number of rotatable bonds is 7. The van der Waals surface area contributed by atoms with Crippen molar-refractivity contribution in [1.29, 1.82) is 0 Å². The number of carbonyl (C=O) groups is 1. The monoisotopic (exact) mass is 274 g/mol. The molecule has 2 rings (SSSR count). The van der Waals surface area contributed by atoms with Gasteiger partial charge in [0.25, 0.3) is 5.91 Å². The normalized spacial score (nSPS) is 10.2. The summed E-state index contributed by atoms with van der Waals surface area (Å²) in [4.78, 5) is 20.1. The lowest BCUT2D eigenvalue weighted by Gasteiger charge is -2.06. The van der Waals surface area contributed by atoms with E-state index in [2.05, 4.69) is 37.7 Å². The van der Waals surface area contributed by atoms with Crippen LogP contribution in [0.15, 0.2) is 24.7 Å². The van der Waals surface area contributed by atoms with E-state index in [1.165, 1.54) is 6.33 Å². The number of aromatic nitrogens is 4. The van der Waals surface area contributed by atoms with Gasteiger partial charge in [-0.05, 0) is 18.6 Å². The zero-order chi connectivity index (χ0) is 14.2. The molecule has 0 radical (unpaired) electrons. The third-order valence-corrected chi connectivity index (χ3v) is 2.69. The zero-order valence-electron chi connectivity index (χ0n) is 11.4. The van der Waals surface area contributed by atoms with Crippen molar-refractivity contribution in [2.45, 2.75) is 19.8 Å². The van der Waals surface area contributed by atoms with Crippen molar-refractivity contribution in [2.24, 2.45) is 0 Å². The Bertz CT molecular complexity index is 522. The molecule has 0 aromatic carbocycles. The van der Waals surface area contributed by atoms with Crippen LogP contribution < -0.4 is 10.6 Å². The number of hydrogen-bond acceptors (Lipinski definition) is 5. The number of nitrogens with zero attached hydrogens (tertiary/aromatic N) is 3. The molecule has 3 N–H and O–H groups in total. The zero-order valence-corrected chi connectivity index (χ0v) is 11.4. The Morgan fingerprint density at radius 2 is 2.20 bits per heavy atom. The fourth-order valence-electron chi connectivity index (χ4n) is 1.63. The van der Waals surface area contributed by atoms with Crippen LogP contribution in [0.4, 0.5) is 5.82 Å². The highest BCUT2D eigenvalue weighted by Gasteiger charge is 2.06. The Kier molecular flexibility index (Phi) is 5.05. The van der Waals surface area contributed by atoms with Gasteiger partial charge in [-0.1, -0.05) is 6.92 Å². The van der Waals surface area contributed by atoms with E-state index in [0.717, 1.165) is 24.6 Å². The molecule has 0 aliphatic rings. The lowest BCUT2D eigenvalue weighted by atomic mass is 10.2. The second-order valence-corrected chi connectivity index (χ2v) is 4.30. The molecule has 0 fully saturated rings. The quantitative estimate of drug-likeness (QED) is 0.700. The number of aromatic amines is 1. The number of nitrogens with one attached hydrogen (secondary N) is 3. The summed E-state index contributed by atoms with van der Waals surface area (Å²) in [6, 6.07) is 3.57. The summed E-state index contributed by atoms with van der Waals surface area (Å²) in [5, 5.41) is 12.5. The molecule has 0 aliphatic carbocycles. The molecule has 0 saturated heterocycles. The molecule has 0 saturated carbocycles. The Labute approximate surface area is 117 Å². The summed E-state index contributed by atoms with van der Waals surface area (Å²) < 4.78 is 0. The number of hydrogen-bond donors (Lipinski definition) is 3. The number of pyridine rings is 1. The standard InChI is InChI=1S/C13H18N6O/c1-2-6-14-11-4-3-10(8-16-11)13(20)15-7-5-12-17-9-18-19-12/h3-4,8-9H,2,5-7H2,1H3,(H,14,16)(H,15,20)(H,17,18,19). The molecule has 0 spiro atoms. The van der Waals surface area contributed by atoms with E-state index in [1.807, 2.05) is 0 Å². The van der Waals surface area contributed by atoms with E-state index in [0.29, 0.717) is 18.5 Å². The van der Waals surface area contributed by atoms with Crippen LogP contribution in [0.3, 0.4) is 0 Å². The molecule has 2 heterocycles. The summed E-state index contributed by atoms with van der Waals surface area (Å²) in [6.07, 6.45) is 4.67. The molecule has 20 heavy (non-hydrogen) atoms. The lowest BCUT2D eigenvalue weighted by Crippen LogP contribution is -2.26. The fourth-order valence-corrected chi connectivity index (χ4v) is 1.63. The summed E-state index contributed by atoms with van der Waals surface area (Å²) in [5.41, 5.74) is 0.546. The van der Waals surface area contributed by atoms with Crippen LogP contribution in [-0.2, 0) is 6.42 Å². The molecule has 0 unspecified atom stereocenters. The van der Waals surface area contributed by atoms with Crippen molar-refractivity contribution >= 4 is 11.7 Å². The topological polar surface area (TPSA) is 95.6 Å². The molecule has 1 amide bonds. The van der Waals surface area contributed by atoms with Gasteiger partial charge in [0.05, 0.1) is 5.56 Å². The largest absolute Gasteiger partial charge is 0.370 e. The highest BCUT2D eigenvalue weighted by atomic mass is 16.1. The maximum absolute atomic E-state index is 11.9. The maximum atomic E-state index is 11.9. The highest BCUT2D eigenvalue weighted by Crippen LogP contribution is 2.05. The van der Waals surface area contributed by atoms with Gasteiger partial charge >= 0.3 is 0 Å². The fraction of sp³-hybridized carbons (Fsp3) is 0.385. The van der Waals surface area contributed by atoms with Crippen LogP contribution in [0.5, 0.6) is 0 Å². The third kappa shape index (κ3) is 4.04. The van der Waals surface area contributed by atoms with E-state index in [9.17, 15) is 4.79 Å². The Morgan fingerprint density at radius 3 is 2.85 bits per heavy atom. The summed E-state index contributed by atoms with van der Waals surface area (Å²) in [6.45, 7) is 3.46. The number of carbonyl (C=O) groups excluding carboxylic acids is 1. The second kappa shape index (κ2) is 7.22. The molecule has 0 atom stereocenters. The van der Waals surface area contributed by atoms with Crippen molar-refractivity contribution < 1.29 is 4.79 Å². The first-order valence-electron chi connectivity index (χ1n) is 6.62. The second-order valence-electron chi connectivity index (χ2n) is 4.30. The van der Waals surface area contributed by atoms with Gasteiger partial charge in [-0.3, -0.25) is 9.89 Å². The smallest absolute Gasteiger partial charge is 0.252 e. The van der Waals surface area contributed by atoms with E-state index in [4.69, 9.17) is 0 Å². The van der Waals surface area contributed by atoms with E-state index < -0.39 is 0 Å². The SMILES string of the molecule is CCCNc1ccc(C(=O)NCCc2ncn[nH]2)cn1. The summed E-state index contributed by atoms with van der Waals surface area (Å²) in [7, 11) is 0. The van der Waals surface area contributed by atoms with Crippen LogP contribution >= 0.6 is 0 Å². The average Bonchev–Trinajstić information content (AvgIpc) is 2.99. The predicted octanol–water partition coefficient (Wildman–Crippen LogP) is 0.994. The van der Waals surface area contributed by atoms with Crippen molar-refractivity contribution in [1.82, 2.24) is 25.5 Å². The van der Waals surface area contributed by atoms with E-state index in [1.54, 1.807) is 18.3 Å². The summed E-state index contributed by atoms with van der Waals surface area (Å²) >= 11 is 0. The van der Waals surface area contributed by atoms with E-state index >= 15 is 0 Å². The van der Waals surface area contributed by atoms with Crippen molar-refractivity contribution in [2.75, 3.05) is 18.4 Å². The van der Waals surface area contributed by atoms with Gasteiger partial charge in [0.1, 0.15) is 18.0 Å². The van der Waals surface area contributed by atoms with Gasteiger partial charge < -0.3 is 10.6 Å². The molecule has 2 aromatic heterocycles. The van der Waals surface area contributed by atoms with Crippen LogP contribution in [0.25, 0.3) is 0 Å². The van der Waals surface area contributed by atoms with Gasteiger partial charge in [-0.25, -0.2) is 9.97 Å². The Morgan fingerprint density at radius 1 is 1.30 bits per heavy atom. The van der Waals surface area contributed by atoms with E-state index in [-0.39, 0.29) is 5.91 Å². The van der Waals surface area contributed by atoms with Crippen molar-refractivity contribution in [3.05, 3.63) is 36.0 Å². The third-order valence-electron chi connectivity index (χ3n) is 2.69. The number of amides is 1. The molecule has 7 nitrogen and oxygen atoms in total. The first kappa shape index (κ1) is 14.0. The van der Waals surface area contributed by atoms with Crippen molar-refractivity contribution in [3.8, 4) is 0 Å². The molecule has 0 aliphatic heterocycles. The van der Waals surface area contributed by atoms with Gasteiger partial charge in [0, 0.05) is 25.7 Å². The van der Waals surface area contributed by atoms with Gasteiger partial charge in [0.15, 0.2) is 0 Å². The summed E-state index contributed by atoms with van der Waals surface area (Å²) in [5.74, 6) is 1.40. The Hall–Kier alpha value is -2.44. The lowest BCUT2D eigenvalue weighted by molar-refractivity contribution is 0.0953. The highest BCUT2D eigenvalue weighted by molar-refractivity contribution is 5.94. The van der Waals surface area contributed by atoms with Gasteiger partial charge in [0.2, 0.25) is 0 Å². The number of anilines is 1. The molecule has 2 aromatic rings. The maximum Gasteiger partial charge on any atom is 0.252 e. The minimum absolute atomic E-state index is 0.140. The van der Waals surface area contributed by atoms with Gasteiger partial charge in [-0.2, -0.15) is 5.10 Å². The molecular weight excluding hydrogens is 256 g/mol. The van der Waals surface area contributed by atoms with Crippen LogP contribution in [0.1, 0.15) is 29.5 Å². The molecule has 7 heteroatoms. The minimum Gasteiger partial charge on any atom is -0.370 e. The average molecular weight is 274 g/mol. The van der Waals surface area contributed by atoms with Gasteiger partial charge in [-0.15, -0.1) is 0 Å². The molecular formula is C13H18N6O. The molecule has 0 bridgehead atoms. The molecule has 106 valence electrons. The van der Waals surface area contributed by atoms with Crippen LogP contribution in [0, 0.1) is 0 Å². The van der Waals surface area contributed by atoms with Crippen LogP contribution in [-0.4, -0.2) is 39.2 Å². The van der Waals surface area contributed by atoms with Crippen molar-refractivity contribution in [3.63, 3.8) is 0 Å². The number of H-pyrrole nitrogens is 1. The first-order chi connectivity index (χ1) is 9.79.